The number of hydrogen-bond donors (Lipinski definition) is 1. The van der Waals surface area contributed by atoms with Gasteiger partial charge in [-0.2, -0.15) is 0 Å². The molecule has 0 aromatic heterocycles. The number of aryl methyl sites for hydroxylation is 1. The van der Waals surface area contributed by atoms with Crippen LogP contribution in [0.25, 0.3) is 0 Å². The molecule has 0 aliphatic heterocycles. The minimum atomic E-state index is 0.198. The highest BCUT2D eigenvalue weighted by Gasteiger charge is 2.17. The molecule has 0 saturated carbocycles. The van der Waals surface area contributed by atoms with E-state index < -0.39 is 0 Å². The maximum absolute atomic E-state index is 6.21. The SMILES string of the molecule is CCCCC(CC)COc1ccc2c(c1)[C@H](N)CCC2. The van der Waals surface area contributed by atoms with Gasteiger partial charge in [0.05, 0.1) is 6.61 Å². The van der Waals surface area contributed by atoms with Gasteiger partial charge in [-0.05, 0) is 54.9 Å². The molecule has 2 N–H and O–H groups in total. The van der Waals surface area contributed by atoms with E-state index in [1.165, 1.54) is 43.2 Å². The molecule has 0 amide bonds. The molecule has 0 fully saturated rings. The van der Waals surface area contributed by atoms with Crippen LogP contribution < -0.4 is 10.5 Å². The zero-order valence-corrected chi connectivity index (χ0v) is 13.0. The molecule has 2 atom stereocenters. The van der Waals surface area contributed by atoms with Crippen molar-refractivity contribution >= 4 is 0 Å². The van der Waals surface area contributed by atoms with E-state index in [-0.39, 0.29) is 6.04 Å². The predicted molar refractivity (Wildman–Crippen MR) is 85.1 cm³/mol. The van der Waals surface area contributed by atoms with Crippen molar-refractivity contribution in [2.45, 2.75) is 64.8 Å². The minimum Gasteiger partial charge on any atom is -0.493 e. The Hall–Kier alpha value is -1.02. The van der Waals surface area contributed by atoms with Crippen LogP contribution in [0.3, 0.4) is 0 Å². The first-order valence-corrected chi connectivity index (χ1v) is 8.25. The topological polar surface area (TPSA) is 35.2 Å². The van der Waals surface area contributed by atoms with Crippen molar-refractivity contribution in [1.29, 1.82) is 0 Å². The summed E-state index contributed by atoms with van der Waals surface area (Å²) in [5.74, 6) is 1.68. The Labute approximate surface area is 123 Å². The lowest BCUT2D eigenvalue weighted by atomic mass is 9.88. The van der Waals surface area contributed by atoms with E-state index in [1.807, 2.05) is 0 Å². The van der Waals surface area contributed by atoms with Crippen molar-refractivity contribution in [3.63, 3.8) is 0 Å². The van der Waals surface area contributed by atoms with E-state index in [4.69, 9.17) is 10.5 Å². The molecule has 112 valence electrons. The van der Waals surface area contributed by atoms with E-state index >= 15 is 0 Å². The summed E-state index contributed by atoms with van der Waals surface area (Å²) in [6, 6.07) is 6.69. The molecule has 0 radical (unpaired) electrons. The van der Waals surface area contributed by atoms with Crippen LogP contribution in [0.1, 0.15) is 69.5 Å². The zero-order chi connectivity index (χ0) is 14.4. The number of fused-ring (bicyclic) bond motifs is 1. The molecule has 0 spiro atoms. The molecule has 2 rings (SSSR count). The molecular weight excluding hydrogens is 246 g/mol. The fraction of sp³-hybridized carbons (Fsp3) is 0.667. The lowest BCUT2D eigenvalue weighted by Gasteiger charge is -2.23. The Bertz CT molecular complexity index is 416. The average Bonchev–Trinajstić information content (AvgIpc) is 2.48. The van der Waals surface area contributed by atoms with Gasteiger partial charge in [0.2, 0.25) is 0 Å². The molecule has 0 heterocycles. The van der Waals surface area contributed by atoms with Crippen LogP contribution in [0.4, 0.5) is 0 Å². The highest BCUT2D eigenvalue weighted by atomic mass is 16.5. The van der Waals surface area contributed by atoms with E-state index in [0.29, 0.717) is 5.92 Å². The van der Waals surface area contributed by atoms with Crippen molar-refractivity contribution in [2.75, 3.05) is 6.61 Å². The van der Waals surface area contributed by atoms with Crippen LogP contribution in [0.15, 0.2) is 18.2 Å². The molecular formula is C18H29NO. The fourth-order valence-electron chi connectivity index (χ4n) is 3.02. The first-order chi connectivity index (χ1) is 9.74. The average molecular weight is 275 g/mol. The van der Waals surface area contributed by atoms with Gasteiger partial charge in [0.1, 0.15) is 5.75 Å². The summed E-state index contributed by atoms with van der Waals surface area (Å²) in [5, 5.41) is 0. The van der Waals surface area contributed by atoms with Gasteiger partial charge in [0, 0.05) is 6.04 Å². The summed E-state index contributed by atoms with van der Waals surface area (Å²) in [5.41, 5.74) is 8.92. The number of rotatable bonds is 7. The molecule has 1 aromatic rings. The summed E-state index contributed by atoms with van der Waals surface area (Å²) in [6.07, 6.45) is 8.52. The summed E-state index contributed by atoms with van der Waals surface area (Å²) < 4.78 is 6.01. The molecule has 1 aliphatic rings. The molecule has 1 aromatic carbocycles. The summed E-state index contributed by atoms with van der Waals surface area (Å²) >= 11 is 0. The monoisotopic (exact) mass is 275 g/mol. The van der Waals surface area contributed by atoms with Gasteiger partial charge < -0.3 is 10.5 Å². The molecule has 1 aliphatic carbocycles. The standard InChI is InChI=1S/C18H29NO/c1-3-5-7-14(4-2)13-20-16-11-10-15-8-6-9-18(19)17(15)12-16/h10-12,14,18H,3-9,13,19H2,1-2H3/t14?,18-/m1/s1. The van der Waals surface area contributed by atoms with Gasteiger partial charge in [-0.3, -0.25) is 0 Å². The third-order valence-corrected chi connectivity index (χ3v) is 4.51. The predicted octanol–water partition coefficient (Wildman–Crippen LogP) is 4.62. The third-order valence-electron chi connectivity index (χ3n) is 4.51. The van der Waals surface area contributed by atoms with Gasteiger partial charge >= 0.3 is 0 Å². The highest BCUT2D eigenvalue weighted by molar-refractivity contribution is 5.39. The van der Waals surface area contributed by atoms with Crippen LogP contribution >= 0.6 is 0 Å². The first kappa shape index (κ1) is 15.4. The molecule has 2 heteroatoms. The van der Waals surface area contributed by atoms with Gasteiger partial charge in [-0.1, -0.05) is 39.2 Å². The van der Waals surface area contributed by atoms with Crippen LogP contribution in [0, 0.1) is 5.92 Å². The Morgan fingerprint density at radius 2 is 2.20 bits per heavy atom. The second kappa shape index (κ2) is 7.68. The van der Waals surface area contributed by atoms with Crippen molar-refractivity contribution in [3.8, 4) is 5.75 Å². The molecule has 1 unspecified atom stereocenters. The van der Waals surface area contributed by atoms with Crippen LogP contribution in [-0.2, 0) is 6.42 Å². The normalized spacial score (nSPS) is 19.4. The maximum Gasteiger partial charge on any atom is 0.119 e. The van der Waals surface area contributed by atoms with Crippen LogP contribution in [0.5, 0.6) is 5.75 Å². The fourth-order valence-corrected chi connectivity index (χ4v) is 3.02. The Morgan fingerprint density at radius 3 is 2.95 bits per heavy atom. The maximum atomic E-state index is 6.21. The lowest BCUT2D eigenvalue weighted by molar-refractivity contribution is 0.233. The van der Waals surface area contributed by atoms with Crippen molar-refractivity contribution in [2.24, 2.45) is 11.7 Å². The summed E-state index contributed by atoms with van der Waals surface area (Å²) in [7, 11) is 0. The second-order valence-corrected chi connectivity index (χ2v) is 6.09. The Morgan fingerprint density at radius 1 is 1.35 bits per heavy atom. The molecule has 2 nitrogen and oxygen atoms in total. The Balaban J connectivity index is 1.94. The second-order valence-electron chi connectivity index (χ2n) is 6.09. The van der Waals surface area contributed by atoms with Gasteiger partial charge in [0.15, 0.2) is 0 Å². The van der Waals surface area contributed by atoms with Crippen molar-refractivity contribution < 1.29 is 4.74 Å². The smallest absolute Gasteiger partial charge is 0.119 e. The van der Waals surface area contributed by atoms with Crippen molar-refractivity contribution in [1.82, 2.24) is 0 Å². The zero-order valence-electron chi connectivity index (χ0n) is 13.0. The first-order valence-electron chi connectivity index (χ1n) is 8.25. The Kier molecular flexibility index (Phi) is 5.90. The molecule has 20 heavy (non-hydrogen) atoms. The van der Waals surface area contributed by atoms with Crippen LogP contribution in [0.2, 0.25) is 0 Å². The largest absolute Gasteiger partial charge is 0.493 e. The summed E-state index contributed by atoms with van der Waals surface area (Å²) in [4.78, 5) is 0. The van der Waals surface area contributed by atoms with Gasteiger partial charge in [0.25, 0.3) is 0 Å². The van der Waals surface area contributed by atoms with Gasteiger partial charge in [-0.25, -0.2) is 0 Å². The van der Waals surface area contributed by atoms with Crippen molar-refractivity contribution in [3.05, 3.63) is 29.3 Å². The van der Waals surface area contributed by atoms with E-state index in [2.05, 4.69) is 32.0 Å². The minimum absolute atomic E-state index is 0.198. The van der Waals surface area contributed by atoms with E-state index in [9.17, 15) is 0 Å². The number of nitrogens with two attached hydrogens (primary N) is 1. The quantitative estimate of drug-likeness (QED) is 0.788. The number of unbranched alkanes of at least 4 members (excludes halogenated alkanes) is 1. The molecule has 0 bridgehead atoms. The van der Waals surface area contributed by atoms with E-state index in [0.717, 1.165) is 25.2 Å². The molecule has 0 saturated heterocycles. The highest BCUT2D eigenvalue weighted by Crippen LogP contribution is 2.31. The third kappa shape index (κ3) is 3.99. The van der Waals surface area contributed by atoms with Crippen LogP contribution in [-0.4, -0.2) is 6.61 Å². The number of ether oxygens (including phenoxy) is 1. The number of benzene rings is 1. The van der Waals surface area contributed by atoms with E-state index in [1.54, 1.807) is 0 Å². The number of hydrogen-bond acceptors (Lipinski definition) is 2. The lowest BCUT2D eigenvalue weighted by Crippen LogP contribution is -2.18. The summed E-state index contributed by atoms with van der Waals surface area (Å²) in [6.45, 7) is 5.34. The van der Waals surface area contributed by atoms with Gasteiger partial charge in [-0.15, -0.1) is 0 Å².